The Kier molecular flexibility index (Phi) is 13.1. The first kappa shape index (κ1) is 16.0. The highest BCUT2D eigenvalue weighted by Gasteiger charge is 2.05. The molecule has 1 radical (unpaired) electrons. The fourth-order valence-electron chi connectivity index (χ4n) is 2.33. The first-order valence-electron chi connectivity index (χ1n) is 7.64. The van der Waals surface area contributed by atoms with E-state index in [9.17, 15) is 0 Å². The summed E-state index contributed by atoms with van der Waals surface area (Å²) in [6, 6.07) is 0. The van der Waals surface area contributed by atoms with Gasteiger partial charge in [0.2, 0.25) is 0 Å². The van der Waals surface area contributed by atoms with Gasteiger partial charge in [-0.1, -0.05) is 97.8 Å². The Hall–Kier alpha value is 0. The lowest BCUT2D eigenvalue weighted by Crippen LogP contribution is -1.99. The first-order valence-corrected chi connectivity index (χ1v) is 7.64. The van der Waals surface area contributed by atoms with Crippen molar-refractivity contribution >= 4 is 0 Å². The smallest absolute Gasteiger partial charge is 0.0414 e. The highest BCUT2D eigenvalue weighted by Crippen LogP contribution is 2.20. The maximum atomic E-state index is 4.09. The third kappa shape index (κ3) is 10.5. The Bertz CT molecular complexity index is 117. The van der Waals surface area contributed by atoms with Crippen molar-refractivity contribution in [1.82, 2.24) is 0 Å². The van der Waals surface area contributed by atoms with Crippen LogP contribution in [0, 0.1) is 12.8 Å². The normalized spacial score (nSPS) is 12.9. The van der Waals surface area contributed by atoms with Gasteiger partial charge in [0.25, 0.3) is 0 Å². The molecule has 0 saturated heterocycles. The predicted molar refractivity (Wildman–Crippen MR) is 75.6 cm³/mol. The van der Waals surface area contributed by atoms with Crippen LogP contribution in [0.5, 0.6) is 0 Å². The van der Waals surface area contributed by atoms with Crippen molar-refractivity contribution in [2.75, 3.05) is 0 Å². The van der Waals surface area contributed by atoms with Gasteiger partial charge in [0.05, 0.1) is 0 Å². The molecule has 97 valence electrons. The van der Waals surface area contributed by atoms with Gasteiger partial charge in [-0.05, 0) is 5.92 Å². The van der Waals surface area contributed by atoms with Crippen molar-refractivity contribution in [2.45, 2.75) is 90.9 Å². The molecule has 0 heteroatoms. The van der Waals surface area contributed by atoms with E-state index in [1.54, 1.807) is 0 Å². The van der Waals surface area contributed by atoms with Crippen molar-refractivity contribution in [3.8, 4) is 0 Å². The van der Waals surface area contributed by atoms with Crippen LogP contribution in [0.2, 0.25) is 0 Å². The lowest BCUT2D eigenvalue weighted by atomic mass is 9.92. The molecule has 0 aliphatic heterocycles. The lowest BCUT2D eigenvalue weighted by Gasteiger charge is -2.14. The fraction of sp³-hybridized carbons (Fsp3) is 0.938. The van der Waals surface area contributed by atoms with Crippen LogP contribution < -0.4 is 0 Å². The minimum atomic E-state index is 0.915. The molecule has 0 aromatic carbocycles. The molecule has 0 aliphatic carbocycles. The Labute approximate surface area is 104 Å². The van der Waals surface area contributed by atoms with Crippen LogP contribution in [0.1, 0.15) is 90.9 Å². The standard InChI is InChI=1S/C16H33/c1-4-7-9-10-11-13-15-16(6-3)14-12-8-5-2/h16H,3-15H2,1-2H3. The van der Waals surface area contributed by atoms with E-state index in [0.29, 0.717) is 0 Å². The van der Waals surface area contributed by atoms with Gasteiger partial charge < -0.3 is 0 Å². The topological polar surface area (TPSA) is 0 Å². The summed E-state index contributed by atoms with van der Waals surface area (Å²) < 4.78 is 0. The van der Waals surface area contributed by atoms with Crippen molar-refractivity contribution in [2.24, 2.45) is 5.92 Å². The molecule has 0 spiro atoms. The molecule has 0 N–H and O–H groups in total. The monoisotopic (exact) mass is 225 g/mol. The maximum absolute atomic E-state index is 4.09. The molecule has 0 aromatic heterocycles. The third-order valence-electron chi connectivity index (χ3n) is 3.59. The van der Waals surface area contributed by atoms with Gasteiger partial charge in [0, 0.05) is 0 Å². The summed E-state index contributed by atoms with van der Waals surface area (Å²) in [5, 5.41) is 0. The van der Waals surface area contributed by atoms with Crippen LogP contribution >= 0.6 is 0 Å². The largest absolute Gasteiger partial charge is 0.0654 e. The second-order valence-corrected chi connectivity index (χ2v) is 5.21. The van der Waals surface area contributed by atoms with Crippen molar-refractivity contribution in [3.05, 3.63) is 6.92 Å². The quantitative estimate of drug-likeness (QED) is 0.349. The molecule has 0 nitrogen and oxygen atoms in total. The van der Waals surface area contributed by atoms with E-state index in [4.69, 9.17) is 0 Å². The second kappa shape index (κ2) is 13.1. The van der Waals surface area contributed by atoms with Gasteiger partial charge in [-0.15, -0.1) is 0 Å². The molecule has 0 aromatic rings. The van der Waals surface area contributed by atoms with Crippen LogP contribution in [0.4, 0.5) is 0 Å². The Morgan fingerprint density at radius 1 is 0.688 bits per heavy atom. The molecule has 0 bridgehead atoms. The van der Waals surface area contributed by atoms with E-state index in [2.05, 4.69) is 20.8 Å². The van der Waals surface area contributed by atoms with Crippen molar-refractivity contribution < 1.29 is 0 Å². The van der Waals surface area contributed by atoms with Crippen LogP contribution in [0.15, 0.2) is 0 Å². The average Bonchev–Trinajstić information content (AvgIpc) is 2.31. The van der Waals surface area contributed by atoms with E-state index in [0.717, 1.165) is 12.3 Å². The zero-order valence-electron chi connectivity index (χ0n) is 11.8. The molecule has 1 unspecified atom stereocenters. The van der Waals surface area contributed by atoms with Crippen molar-refractivity contribution in [1.29, 1.82) is 0 Å². The van der Waals surface area contributed by atoms with Gasteiger partial charge in [-0.2, -0.15) is 0 Å². The van der Waals surface area contributed by atoms with Gasteiger partial charge in [0.15, 0.2) is 0 Å². The van der Waals surface area contributed by atoms with Crippen LogP contribution in [0.3, 0.4) is 0 Å². The molecule has 0 rings (SSSR count). The number of rotatable bonds is 12. The summed E-state index contributed by atoms with van der Waals surface area (Å²) in [6.45, 7) is 8.66. The van der Waals surface area contributed by atoms with Crippen LogP contribution in [-0.4, -0.2) is 0 Å². The summed E-state index contributed by atoms with van der Waals surface area (Å²) >= 11 is 0. The molecule has 16 heavy (non-hydrogen) atoms. The summed E-state index contributed by atoms with van der Waals surface area (Å²) in [5.74, 6) is 0.915. The summed E-state index contributed by atoms with van der Waals surface area (Å²) in [6.07, 6.45) is 16.8. The second-order valence-electron chi connectivity index (χ2n) is 5.21. The summed E-state index contributed by atoms with van der Waals surface area (Å²) in [4.78, 5) is 0. The minimum Gasteiger partial charge on any atom is -0.0654 e. The highest BCUT2D eigenvalue weighted by atomic mass is 14.1. The third-order valence-corrected chi connectivity index (χ3v) is 3.59. The van der Waals surface area contributed by atoms with Crippen LogP contribution in [-0.2, 0) is 0 Å². The Morgan fingerprint density at radius 3 is 1.69 bits per heavy atom. The maximum Gasteiger partial charge on any atom is -0.0414 e. The molecular formula is C16H33. The molecule has 0 saturated carbocycles. The zero-order valence-corrected chi connectivity index (χ0v) is 11.8. The SMILES string of the molecule is [CH2]CC(CCCCC)CCCCCCCC. The molecule has 0 heterocycles. The van der Waals surface area contributed by atoms with Gasteiger partial charge in [0.1, 0.15) is 0 Å². The Balaban J connectivity index is 3.26. The van der Waals surface area contributed by atoms with Gasteiger partial charge in [-0.3, -0.25) is 0 Å². The molecule has 0 fully saturated rings. The fourth-order valence-corrected chi connectivity index (χ4v) is 2.33. The first-order chi connectivity index (χ1) is 7.85. The van der Waals surface area contributed by atoms with E-state index in [-0.39, 0.29) is 0 Å². The van der Waals surface area contributed by atoms with Gasteiger partial charge >= 0.3 is 0 Å². The van der Waals surface area contributed by atoms with E-state index in [1.165, 1.54) is 70.6 Å². The van der Waals surface area contributed by atoms with Crippen molar-refractivity contribution in [3.63, 3.8) is 0 Å². The predicted octanol–water partition coefficient (Wildman–Crippen LogP) is 6.16. The zero-order chi connectivity index (χ0) is 12.1. The molecule has 1 atom stereocenters. The Morgan fingerprint density at radius 2 is 1.12 bits per heavy atom. The van der Waals surface area contributed by atoms with Crippen LogP contribution in [0.25, 0.3) is 0 Å². The minimum absolute atomic E-state index is 0.915. The summed E-state index contributed by atoms with van der Waals surface area (Å²) in [7, 11) is 0. The lowest BCUT2D eigenvalue weighted by molar-refractivity contribution is 0.409. The molecular weight excluding hydrogens is 192 g/mol. The van der Waals surface area contributed by atoms with E-state index >= 15 is 0 Å². The average molecular weight is 225 g/mol. The molecule has 0 amide bonds. The number of hydrogen-bond acceptors (Lipinski definition) is 0. The van der Waals surface area contributed by atoms with E-state index in [1.807, 2.05) is 0 Å². The summed E-state index contributed by atoms with van der Waals surface area (Å²) in [5.41, 5.74) is 0. The van der Waals surface area contributed by atoms with Gasteiger partial charge in [-0.25, -0.2) is 0 Å². The number of unbranched alkanes of at least 4 members (excludes halogenated alkanes) is 7. The molecule has 0 aliphatic rings. The van der Waals surface area contributed by atoms with E-state index < -0.39 is 0 Å². The highest BCUT2D eigenvalue weighted by molar-refractivity contribution is 4.61. The number of hydrogen-bond donors (Lipinski definition) is 0.